The van der Waals surface area contributed by atoms with Crippen LogP contribution >= 0.6 is 0 Å². The van der Waals surface area contributed by atoms with Crippen molar-refractivity contribution < 1.29 is 4.79 Å². The molecule has 0 spiro atoms. The lowest BCUT2D eigenvalue weighted by Gasteiger charge is -2.04. The SMILES string of the molecule is CC(C)CCCC(=O)Cc1ccc(N)cc1. The summed E-state index contributed by atoms with van der Waals surface area (Å²) in [6.45, 7) is 4.37. The van der Waals surface area contributed by atoms with Crippen LogP contribution in [0.3, 0.4) is 0 Å². The van der Waals surface area contributed by atoms with Crippen molar-refractivity contribution in [3.63, 3.8) is 0 Å². The van der Waals surface area contributed by atoms with Crippen molar-refractivity contribution in [1.82, 2.24) is 0 Å². The minimum absolute atomic E-state index is 0.324. The smallest absolute Gasteiger partial charge is 0.137 e. The van der Waals surface area contributed by atoms with E-state index in [0.29, 0.717) is 24.5 Å². The summed E-state index contributed by atoms with van der Waals surface area (Å²) in [6, 6.07) is 7.54. The van der Waals surface area contributed by atoms with Gasteiger partial charge in [-0.05, 0) is 30.0 Å². The van der Waals surface area contributed by atoms with Crippen LogP contribution in [0.5, 0.6) is 0 Å². The maximum absolute atomic E-state index is 11.6. The molecule has 0 fully saturated rings. The number of rotatable bonds is 6. The molecule has 0 bridgehead atoms. The number of nitrogen functional groups attached to an aromatic ring is 1. The van der Waals surface area contributed by atoms with Gasteiger partial charge < -0.3 is 5.73 Å². The lowest BCUT2D eigenvalue weighted by Crippen LogP contribution is -2.03. The number of Topliss-reactive ketones (excluding diaryl/α,β-unsaturated/α-hetero) is 1. The third-order valence-corrected chi connectivity index (χ3v) is 2.62. The molecular formula is C14H21NO. The van der Waals surface area contributed by atoms with Crippen LogP contribution in [0.4, 0.5) is 5.69 Å². The molecule has 0 unspecified atom stereocenters. The zero-order valence-electron chi connectivity index (χ0n) is 10.2. The van der Waals surface area contributed by atoms with E-state index in [4.69, 9.17) is 5.73 Å². The molecule has 0 saturated heterocycles. The van der Waals surface area contributed by atoms with Crippen LogP contribution in [0.1, 0.15) is 38.7 Å². The van der Waals surface area contributed by atoms with Crippen LogP contribution in [0.25, 0.3) is 0 Å². The zero-order chi connectivity index (χ0) is 12.0. The van der Waals surface area contributed by atoms with E-state index in [1.807, 2.05) is 24.3 Å². The molecule has 0 aliphatic rings. The van der Waals surface area contributed by atoms with E-state index < -0.39 is 0 Å². The summed E-state index contributed by atoms with van der Waals surface area (Å²) in [5, 5.41) is 0. The molecule has 0 heterocycles. The van der Waals surface area contributed by atoms with Gasteiger partial charge in [0.1, 0.15) is 5.78 Å². The number of carbonyl (C=O) groups is 1. The first kappa shape index (κ1) is 12.8. The Bertz CT molecular complexity index is 327. The number of ketones is 1. The molecule has 2 heteroatoms. The third kappa shape index (κ3) is 4.96. The molecule has 88 valence electrons. The Morgan fingerprint density at radius 1 is 1.25 bits per heavy atom. The van der Waals surface area contributed by atoms with E-state index in [2.05, 4.69) is 13.8 Å². The molecule has 0 radical (unpaired) electrons. The fourth-order valence-corrected chi connectivity index (χ4v) is 1.66. The monoisotopic (exact) mass is 219 g/mol. The van der Waals surface area contributed by atoms with Crippen molar-refractivity contribution in [1.29, 1.82) is 0 Å². The van der Waals surface area contributed by atoms with Crippen molar-refractivity contribution in [2.45, 2.75) is 39.5 Å². The van der Waals surface area contributed by atoms with Crippen molar-refractivity contribution in [2.75, 3.05) is 5.73 Å². The number of carbonyl (C=O) groups excluding carboxylic acids is 1. The van der Waals surface area contributed by atoms with Gasteiger partial charge in [0, 0.05) is 18.5 Å². The lowest BCUT2D eigenvalue weighted by atomic mass is 10.0. The van der Waals surface area contributed by atoms with Crippen LogP contribution in [0.2, 0.25) is 0 Å². The van der Waals surface area contributed by atoms with Crippen molar-refractivity contribution in [2.24, 2.45) is 5.92 Å². The molecule has 0 saturated carbocycles. The normalized spacial score (nSPS) is 10.7. The predicted octanol–water partition coefficient (Wildman–Crippen LogP) is 3.21. The van der Waals surface area contributed by atoms with Crippen LogP contribution in [-0.2, 0) is 11.2 Å². The Morgan fingerprint density at radius 3 is 2.44 bits per heavy atom. The number of anilines is 1. The van der Waals surface area contributed by atoms with Crippen LogP contribution in [0, 0.1) is 5.92 Å². The summed E-state index contributed by atoms with van der Waals surface area (Å²) in [4.78, 5) is 11.6. The molecule has 1 aromatic rings. The molecule has 16 heavy (non-hydrogen) atoms. The Morgan fingerprint density at radius 2 is 1.88 bits per heavy atom. The summed E-state index contributed by atoms with van der Waals surface area (Å²) in [5.41, 5.74) is 7.39. The summed E-state index contributed by atoms with van der Waals surface area (Å²) in [7, 11) is 0. The highest BCUT2D eigenvalue weighted by Gasteiger charge is 2.04. The molecule has 2 N–H and O–H groups in total. The lowest BCUT2D eigenvalue weighted by molar-refractivity contribution is -0.118. The van der Waals surface area contributed by atoms with E-state index in [1.165, 1.54) is 0 Å². The summed E-state index contributed by atoms with van der Waals surface area (Å²) < 4.78 is 0. The van der Waals surface area contributed by atoms with Gasteiger partial charge in [-0.25, -0.2) is 0 Å². The summed E-state index contributed by atoms with van der Waals surface area (Å²) in [5.74, 6) is 1.01. The Hall–Kier alpha value is -1.31. The minimum Gasteiger partial charge on any atom is -0.399 e. The third-order valence-electron chi connectivity index (χ3n) is 2.62. The van der Waals surface area contributed by atoms with E-state index in [-0.39, 0.29) is 0 Å². The second kappa shape index (κ2) is 6.31. The number of benzene rings is 1. The van der Waals surface area contributed by atoms with Crippen LogP contribution in [0.15, 0.2) is 24.3 Å². The molecular weight excluding hydrogens is 198 g/mol. The average Bonchev–Trinajstić information content (AvgIpc) is 2.21. The first-order valence-corrected chi connectivity index (χ1v) is 5.94. The van der Waals surface area contributed by atoms with Gasteiger partial charge in [-0.1, -0.05) is 32.4 Å². The Labute approximate surface area is 97.9 Å². The van der Waals surface area contributed by atoms with E-state index in [0.717, 1.165) is 24.1 Å². The molecule has 0 aliphatic carbocycles. The van der Waals surface area contributed by atoms with E-state index in [1.54, 1.807) is 0 Å². The topological polar surface area (TPSA) is 43.1 Å². The fraction of sp³-hybridized carbons (Fsp3) is 0.500. The maximum Gasteiger partial charge on any atom is 0.137 e. The second-order valence-corrected chi connectivity index (χ2v) is 4.74. The van der Waals surface area contributed by atoms with Gasteiger partial charge in [-0.3, -0.25) is 4.79 Å². The van der Waals surface area contributed by atoms with Gasteiger partial charge in [-0.15, -0.1) is 0 Å². The number of hydrogen-bond donors (Lipinski definition) is 1. The van der Waals surface area contributed by atoms with Crippen molar-refractivity contribution in [3.05, 3.63) is 29.8 Å². The van der Waals surface area contributed by atoms with E-state index >= 15 is 0 Å². The standard InChI is InChI=1S/C14H21NO/c1-11(2)4-3-5-14(16)10-12-6-8-13(15)9-7-12/h6-9,11H,3-5,10,15H2,1-2H3. The van der Waals surface area contributed by atoms with Crippen molar-refractivity contribution in [3.8, 4) is 0 Å². The molecule has 1 rings (SSSR count). The Kier molecular flexibility index (Phi) is 5.03. The van der Waals surface area contributed by atoms with Crippen LogP contribution < -0.4 is 5.73 Å². The molecule has 2 nitrogen and oxygen atoms in total. The fourth-order valence-electron chi connectivity index (χ4n) is 1.66. The zero-order valence-corrected chi connectivity index (χ0v) is 10.2. The highest BCUT2D eigenvalue weighted by molar-refractivity contribution is 5.80. The van der Waals surface area contributed by atoms with Gasteiger partial charge in [-0.2, -0.15) is 0 Å². The Balaban J connectivity index is 2.31. The highest BCUT2D eigenvalue weighted by atomic mass is 16.1. The predicted molar refractivity (Wildman–Crippen MR) is 68.3 cm³/mol. The molecule has 0 aliphatic heterocycles. The average molecular weight is 219 g/mol. The summed E-state index contributed by atoms with van der Waals surface area (Å²) >= 11 is 0. The quantitative estimate of drug-likeness (QED) is 0.746. The van der Waals surface area contributed by atoms with E-state index in [9.17, 15) is 4.79 Å². The van der Waals surface area contributed by atoms with Crippen molar-refractivity contribution >= 4 is 11.5 Å². The maximum atomic E-state index is 11.6. The van der Waals surface area contributed by atoms with Gasteiger partial charge >= 0.3 is 0 Å². The highest BCUT2D eigenvalue weighted by Crippen LogP contribution is 2.10. The van der Waals surface area contributed by atoms with Gasteiger partial charge in [0.15, 0.2) is 0 Å². The largest absolute Gasteiger partial charge is 0.399 e. The van der Waals surface area contributed by atoms with Crippen LogP contribution in [-0.4, -0.2) is 5.78 Å². The van der Waals surface area contributed by atoms with Gasteiger partial charge in [0.2, 0.25) is 0 Å². The molecule has 0 amide bonds. The molecule has 1 aromatic carbocycles. The number of nitrogens with two attached hydrogens (primary N) is 1. The van der Waals surface area contributed by atoms with Gasteiger partial charge in [0.25, 0.3) is 0 Å². The minimum atomic E-state index is 0.324. The molecule has 0 atom stereocenters. The first-order valence-electron chi connectivity index (χ1n) is 5.94. The summed E-state index contributed by atoms with van der Waals surface area (Å²) in [6.07, 6.45) is 3.37. The molecule has 0 aromatic heterocycles. The number of hydrogen-bond acceptors (Lipinski definition) is 2. The van der Waals surface area contributed by atoms with Gasteiger partial charge in [0.05, 0.1) is 0 Å². The first-order chi connectivity index (χ1) is 7.58. The second-order valence-electron chi connectivity index (χ2n) is 4.74.